The first-order chi connectivity index (χ1) is 12.6. The molecule has 4 atom stereocenters. The first kappa shape index (κ1) is 16.6. The summed E-state index contributed by atoms with van der Waals surface area (Å²) in [6, 6.07) is 15.4. The molecule has 26 heavy (non-hydrogen) atoms. The van der Waals surface area contributed by atoms with Crippen molar-refractivity contribution in [3.63, 3.8) is 0 Å². The molecule has 0 spiro atoms. The first-order valence-electron chi connectivity index (χ1n) is 8.85. The van der Waals surface area contributed by atoms with Gasteiger partial charge in [0.05, 0.1) is 24.1 Å². The van der Waals surface area contributed by atoms with Gasteiger partial charge in [-0.15, -0.1) is 0 Å². The lowest BCUT2D eigenvalue weighted by Crippen LogP contribution is -2.59. The fourth-order valence-corrected chi connectivity index (χ4v) is 4.97. The van der Waals surface area contributed by atoms with Crippen LogP contribution in [-0.2, 0) is 9.47 Å². The molecule has 1 aliphatic carbocycles. The van der Waals surface area contributed by atoms with Gasteiger partial charge in [0.15, 0.2) is 5.41 Å². The largest absolute Gasteiger partial charge is 0.447 e. The molecule has 1 aromatic rings. The molecule has 3 fully saturated rings. The molecular formula is C20H18N4O2. The Morgan fingerprint density at radius 1 is 1.00 bits per heavy atom. The van der Waals surface area contributed by atoms with Crippen molar-refractivity contribution in [3.05, 3.63) is 35.9 Å². The van der Waals surface area contributed by atoms with Crippen LogP contribution in [0.2, 0.25) is 0 Å². The maximum atomic E-state index is 10.2. The molecule has 6 nitrogen and oxygen atoms in total. The molecule has 1 saturated carbocycles. The van der Waals surface area contributed by atoms with Crippen molar-refractivity contribution in [2.24, 2.45) is 16.7 Å². The predicted octanol–water partition coefficient (Wildman–Crippen LogP) is 3.59. The lowest BCUT2D eigenvalue weighted by molar-refractivity contribution is -0.284. The van der Waals surface area contributed by atoms with Gasteiger partial charge >= 0.3 is 0 Å². The lowest BCUT2D eigenvalue weighted by Gasteiger charge is -2.49. The number of hydrogen-bond acceptors (Lipinski definition) is 6. The van der Waals surface area contributed by atoms with Crippen LogP contribution < -0.4 is 0 Å². The third kappa shape index (κ3) is 1.74. The summed E-state index contributed by atoms with van der Waals surface area (Å²) in [6.45, 7) is 0. The molecule has 2 saturated heterocycles. The molecule has 2 bridgehead atoms. The monoisotopic (exact) mass is 346 g/mol. The minimum Gasteiger partial charge on any atom is -0.447 e. The van der Waals surface area contributed by atoms with Crippen molar-refractivity contribution < 1.29 is 9.47 Å². The predicted molar refractivity (Wildman–Crippen MR) is 90.1 cm³/mol. The second-order valence-electron chi connectivity index (χ2n) is 7.25. The Bertz CT molecular complexity index is 864. The van der Waals surface area contributed by atoms with Gasteiger partial charge in [-0.3, -0.25) is 5.41 Å². The minimum absolute atomic E-state index is 0.298. The van der Waals surface area contributed by atoms with Crippen molar-refractivity contribution >= 4 is 5.90 Å². The normalized spacial score (nSPS) is 37.2. The zero-order chi connectivity index (χ0) is 18.4. The third-order valence-electron chi connectivity index (χ3n) is 6.17. The van der Waals surface area contributed by atoms with E-state index in [0.717, 1.165) is 19.3 Å². The number of nitrogens with zero attached hydrogens (tertiary/aromatic N) is 3. The van der Waals surface area contributed by atoms with E-state index in [1.165, 1.54) is 0 Å². The molecule has 6 heteroatoms. The molecule has 2 aliphatic heterocycles. The summed E-state index contributed by atoms with van der Waals surface area (Å²) < 4.78 is 12.3. The average molecular weight is 346 g/mol. The van der Waals surface area contributed by atoms with Crippen LogP contribution in [-0.4, -0.2) is 11.7 Å². The molecule has 3 aliphatic rings. The number of nitrogens with one attached hydrogen (secondary N) is 1. The van der Waals surface area contributed by atoms with Gasteiger partial charge in [0.2, 0.25) is 17.1 Å². The summed E-state index contributed by atoms with van der Waals surface area (Å²) in [5.74, 6) is -1.90. The first-order valence-corrected chi connectivity index (χ1v) is 8.85. The van der Waals surface area contributed by atoms with Crippen molar-refractivity contribution in [3.8, 4) is 18.2 Å². The zero-order valence-corrected chi connectivity index (χ0v) is 14.2. The number of hydrogen-bond donors (Lipinski definition) is 1. The summed E-state index contributed by atoms with van der Waals surface area (Å²) in [5.41, 5.74) is -2.81. The smallest absolute Gasteiger partial charge is 0.217 e. The Morgan fingerprint density at radius 3 is 2.38 bits per heavy atom. The van der Waals surface area contributed by atoms with Gasteiger partial charge in [-0.25, -0.2) is 0 Å². The van der Waals surface area contributed by atoms with Gasteiger partial charge < -0.3 is 9.47 Å². The Hall–Kier alpha value is -2.88. The molecule has 0 amide bonds. The number of benzene rings is 1. The van der Waals surface area contributed by atoms with Gasteiger partial charge in [0.1, 0.15) is 6.10 Å². The quantitative estimate of drug-likeness (QED) is 0.834. The van der Waals surface area contributed by atoms with E-state index in [-0.39, 0.29) is 5.90 Å². The van der Waals surface area contributed by atoms with Crippen LogP contribution in [0.25, 0.3) is 0 Å². The lowest BCUT2D eigenvalue weighted by atomic mass is 9.52. The van der Waals surface area contributed by atoms with Crippen LogP contribution in [0, 0.1) is 56.2 Å². The van der Waals surface area contributed by atoms with Crippen molar-refractivity contribution in [1.82, 2.24) is 0 Å². The van der Waals surface area contributed by atoms with E-state index >= 15 is 0 Å². The fraction of sp³-hybridized carbons (Fsp3) is 0.500. The Balaban J connectivity index is 2.01. The van der Waals surface area contributed by atoms with E-state index in [2.05, 4.69) is 18.2 Å². The second-order valence-corrected chi connectivity index (χ2v) is 7.25. The standard InChI is InChI=1S/C20H18N4O2/c21-11-18(12-22)16(14-7-3-1-4-8-14)25-20-10-6-2-5-9-15(20)19(18,13-23)17(24)26-20/h1,3-4,7-8,15-16,24H,2,5-6,9-10H2/t15-,16-,19+,20+/m0/s1. The number of ether oxygens (including phenoxy) is 2. The third-order valence-corrected chi connectivity index (χ3v) is 6.17. The van der Waals surface area contributed by atoms with E-state index in [1.54, 1.807) is 12.1 Å². The molecule has 0 aromatic heterocycles. The summed E-state index contributed by atoms with van der Waals surface area (Å²) in [4.78, 5) is 0. The van der Waals surface area contributed by atoms with Crippen LogP contribution in [0.5, 0.6) is 0 Å². The minimum atomic E-state index is -1.84. The van der Waals surface area contributed by atoms with Crippen LogP contribution in [0.15, 0.2) is 30.3 Å². The maximum absolute atomic E-state index is 10.2. The summed E-state index contributed by atoms with van der Waals surface area (Å²) in [7, 11) is 0. The highest BCUT2D eigenvalue weighted by atomic mass is 16.7. The van der Waals surface area contributed by atoms with Crippen molar-refractivity contribution in [1.29, 1.82) is 21.2 Å². The molecular weight excluding hydrogens is 328 g/mol. The topological polar surface area (TPSA) is 114 Å². The van der Waals surface area contributed by atoms with E-state index in [4.69, 9.17) is 14.9 Å². The number of rotatable bonds is 1. The SMILES string of the molecule is N#CC1(C#N)[C@H](c2ccccc2)O[C@@]23CCCCC[C@H]2[C@]1(C#N)C(=N)O3. The Kier molecular flexibility index (Phi) is 3.55. The Labute approximate surface area is 152 Å². The number of nitriles is 3. The zero-order valence-electron chi connectivity index (χ0n) is 14.2. The van der Waals surface area contributed by atoms with Crippen molar-refractivity contribution in [2.45, 2.75) is 44.0 Å². The van der Waals surface area contributed by atoms with Crippen LogP contribution >= 0.6 is 0 Å². The van der Waals surface area contributed by atoms with E-state index in [1.807, 2.05) is 18.2 Å². The highest BCUT2D eigenvalue weighted by molar-refractivity contribution is 5.89. The highest BCUT2D eigenvalue weighted by Gasteiger charge is 2.80. The van der Waals surface area contributed by atoms with Crippen LogP contribution in [0.1, 0.15) is 43.8 Å². The van der Waals surface area contributed by atoms with Gasteiger partial charge in [-0.2, -0.15) is 15.8 Å². The highest BCUT2D eigenvalue weighted by Crippen LogP contribution is 2.68. The van der Waals surface area contributed by atoms with Gasteiger partial charge in [0, 0.05) is 6.42 Å². The molecule has 0 radical (unpaired) electrons. The molecule has 0 unspecified atom stereocenters. The summed E-state index contributed by atoms with van der Waals surface area (Å²) >= 11 is 0. The molecule has 1 N–H and O–H groups in total. The molecule has 1 aromatic carbocycles. The van der Waals surface area contributed by atoms with Gasteiger partial charge in [0.25, 0.3) is 0 Å². The van der Waals surface area contributed by atoms with Gasteiger partial charge in [-0.05, 0) is 18.4 Å². The summed E-state index contributed by atoms with van der Waals surface area (Å²) in [6.07, 6.45) is 2.90. The van der Waals surface area contributed by atoms with Crippen molar-refractivity contribution in [2.75, 3.05) is 0 Å². The van der Waals surface area contributed by atoms with Gasteiger partial charge in [-0.1, -0.05) is 43.2 Å². The van der Waals surface area contributed by atoms with Crippen LogP contribution in [0.4, 0.5) is 0 Å². The average Bonchev–Trinajstić information content (AvgIpc) is 2.81. The van der Waals surface area contributed by atoms with E-state index < -0.39 is 28.6 Å². The molecule has 2 heterocycles. The van der Waals surface area contributed by atoms with E-state index in [9.17, 15) is 15.8 Å². The fourth-order valence-electron chi connectivity index (χ4n) is 4.97. The summed E-state index contributed by atoms with van der Waals surface area (Å²) in [5, 5.41) is 38.9. The Morgan fingerprint density at radius 2 is 1.73 bits per heavy atom. The van der Waals surface area contributed by atoms with Crippen LogP contribution in [0.3, 0.4) is 0 Å². The molecule has 4 rings (SSSR count). The maximum Gasteiger partial charge on any atom is 0.217 e. The second kappa shape index (κ2) is 5.56. The van der Waals surface area contributed by atoms with E-state index in [0.29, 0.717) is 18.4 Å². The molecule has 130 valence electrons.